The monoisotopic (exact) mass is 527 g/mol. The van der Waals surface area contributed by atoms with E-state index in [-0.39, 0.29) is 17.3 Å². The van der Waals surface area contributed by atoms with E-state index in [4.69, 9.17) is 5.73 Å². The van der Waals surface area contributed by atoms with Crippen LogP contribution in [0.15, 0.2) is 42.7 Å². The molecule has 0 radical (unpaired) electrons. The number of imidazole rings is 1. The molecule has 38 heavy (non-hydrogen) atoms. The average molecular weight is 528 g/mol. The number of anilines is 1. The van der Waals surface area contributed by atoms with E-state index in [0.29, 0.717) is 28.2 Å². The lowest BCUT2D eigenvalue weighted by atomic mass is 9.92. The molecule has 11 heteroatoms. The van der Waals surface area contributed by atoms with Crippen LogP contribution in [0.25, 0.3) is 28.2 Å². The van der Waals surface area contributed by atoms with E-state index in [0.717, 1.165) is 29.5 Å². The standard InChI is InChI=1S/C27H25F4N5O2/c1-14-18(24(32)38)6-7-20(23(14)15-2-3-15)22-11-34-26-25(33-9-8-27(29,30)31)35-21(12-36(22)26)19-5-4-17(28)10-16(19)13-37/h4-7,10-12,15,37H,2-3,8-9,13H2,1H3,(H2,32,38)(H,33,35). The molecular weight excluding hydrogens is 502 g/mol. The number of hydrogen-bond donors (Lipinski definition) is 3. The maximum absolute atomic E-state index is 13.9. The number of halogens is 4. The van der Waals surface area contributed by atoms with Crippen LogP contribution in [0.5, 0.6) is 0 Å². The van der Waals surface area contributed by atoms with E-state index in [9.17, 15) is 27.5 Å². The largest absolute Gasteiger partial charge is 0.392 e. The number of benzene rings is 2. The number of nitrogens with one attached hydrogen (secondary N) is 1. The highest BCUT2D eigenvalue weighted by molar-refractivity contribution is 5.96. The van der Waals surface area contributed by atoms with Gasteiger partial charge in [-0.2, -0.15) is 13.2 Å². The molecule has 7 nitrogen and oxygen atoms in total. The van der Waals surface area contributed by atoms with Crippen LogP contribution in [0, 0.1) is 12.7 Å². The number of nitrogens with zero attached hydrogens (tertiary/aromatic N) is 3. The van der Waals surface area contributed by atoms with Gasteiger partial charge < -0.3 is 16.2 Å². The number of carbonyl (C=O) groups is 1. The molecule has 0 spiro atoms. The molecule has 0 aliphatic heterocycles. The van der Waals surface area contributed by atoms with Gasteiger partial charge in [0.2, 0.25) is 5.91 Å². The van der Waals surface area contributed by atoms with Gasteiger partial charge in [-0.25, -0.2) is 14.4 Å². The Bertz CT molecular complexity index is 1540. The average Bonchev–Trinajstić information content (AvgIpc) is 3.60. The Morgan fingerprint density at radius 1 is 1.21 bits per heavy atom. The molecule has 0 unspecified atom stereocenters. The van der Waals surface area contributed by atoms with Crippen LogP contribution in [0.4, 0.5) is 23.4 Å². The van der Waals surface area contributed by atoms with E-state index in [1.54, 1.807) is 28.9 Å². The van der Waals surface area contributed by atoms with Crippen LogP contribution in [0.3, 0.4) is 0 Å². The summed E-state index contributed by atoms with van der Waals surface area (Å²) < 4.78 is 54.1. The molecule has 2 heterocycles. The number of aromatic nitrogens is 3. The Hall–Kier alpha value is -3.99. The number of aliphatic hydroxyl groups excluding tert-OH is 1. The first-order valence-electron chi connectivity index (χ1n) is 12.1. The minimum Gasteiger partial charge on any atom is -0.392 e. The number of hydrogen-bond acceptors (Lipinski definition) is 5. The van der Waals surface area contributed by atoms with Gasteiger partial charge in [0, 0.05) is 29.4 Å². The van der Waals surface area contributed by atoms with Crippen molar-refractivity contribution in [3.8, 4) is 22.5 Å². The summed E-state index contributed by atoms with van der Waals surface area (Å²) in [6, 6.07) is 7.34. The topological polar surface area (TPSA) is 106 Å². The number of alkyl halides is 3. The Kier molecular flexibility index (Phi) is 6.56. The zero-order chi connectivity index (χ0) is 27.2. The van der Waals surface area contributed by atoms with Crippen LogP contribution in [-0.2, 0) is 6.61 Å². The minimum atomic E-state index is -4.36. The fraction of sp³-hybridized carbons (Fsp3) is 0.296. The van der Waals surface area contributed by atoms with Gasteiger partial charge in [0.25, 0.3) is 0 Å². The molecule has 2 aromatic heterocycles. The fourth-order valence-corrected chi connectivity index (χ4v) is 4.82. The summed E-state index contributed by atoms with van der Waals surface area (Å²) in [6.45, 7) is 0.970. The Morgan fingerprint density at radius 2 is 1.95 bits per heavy atom. The molecule has 0 atom stereocenters. The van der Waals surface area contributed by atoms with Gasteiger partial charge >= 0.3 is 6.18 Å². The van der Waals surface area contributed by atoms with Crippen LogP contribution in [0.2, 0.25) is 0 Å². The number of fused-ring (bicyclic) bond motifs is 1. The predicted molar refractivity (Wildman–Crippen MR) is 134 cm³/mol. The van der Waals surface area contributed by atoms with Gasteiger partial charge in [-0.3, -0.25) is 9.20 Å². The summed E-state index contributed by atoms with van der Waals surface area (Å²) in [7, 11) is 0. The zero-order valence-electron chi connectivity index (χ0n) is 20.4. The van der Waals surface area contributed by atoms with Gasteiger partial charge in [0.15, 0.2) is 11.5 Å². The number of carbonyl (C=O) groups excluding carboxylic acids is 1. The SMILES string of the molecule is Cc1c(C(N)=O)ccc(-c2cnc3c(NCCC(F)(F)F)nc(-c4ccc(F)cc4CO)cn23)c1C1CC1. The number of aliphatic hydroxyl groups is 1. The second kappa shape index (κ2) is 9.71. The minimum absolute atomic E-state index is 0.115. The Balaban J connectivity index is 1.71. The van der Waals surface area contributed by atoms with E-state index >= 15 is 0 Å². The molecular formula is C27H25F4N5O2. The summed E-state index contributed by atoms with van der Waals surface area (Å²) in [4.78, 5) is 21.0. The summed E-state index contributed by atoms with van der Waals surface area (Å²) >= 11 is 0. The summed E-state index contributed by atoms with van der Waals surface area (Å²) in [5.41, 5.74) is 10.6. The van der Waals surface area contributed by atoms with E-state index < -0.39 is 37.5 Å². The van der Waals surface area contributed by atoms with Crippen molar-refractivity contribution in [3.05, 3.63) is 70.8 Å². The highest BCUT2D eigenvalue weighted by Crippen LogP contribution is 2.47. The quantitative estimate of drug-likeness (QED) is 0.268. The summed E-state index contributed by atoms with van der Waals surface area (Å²) in [6.07, 6.45) is -0.248. The smallest absolute Gasteiger partial charge is 0.390 e. The molecule has 0 bridgehead atoms. The molecule has 198 valence electrons. The van der Waals surface area contributed by atoms with Gasteiger partial charge in [0.05, 0.1) is 30.6 Å². The van der Waals surface area contributed by atoms with Crippen LogP contribution < -0.4 is 11.1 Å². The molecule has 2 aromatic carbocycles. The van der Waals surface area contributed by atoms with Crippen LogP contribution in [-0.4, -0.2) is 38.1 Å². The predicted octanol–water partition coefficient (Wildman–Crippen LogP) is 5.34. The van der Waals surface area contributed by atoms with Crippen LogP contribution >= 0.6 is 0 Å². The molecule has 1 fully saturated rings. The zero-order valence-corrected chi connectivity index (χ0v) is 20.4. The van der Waals surface area contributed by atoms with E-state index in [1.807, 2.05) is 6.92 Å². The maximum Gasteiger partial charge on any atom is 0.390 e. The van der Waals surface area contributed by atoms with E-state index in [1.165, 1.54) is 18.2 Å². The van der Waals surface area contributed by atoms with Crippen molar-refractivity contribution >= 4 is 17.4 Å². The van der Waals surface area contributed by atoms with Crippen molar-refractivity contribution in [1.29, 1.82) is 0 Å². The number of nitrogens with two attached hydrogens (primary N) is 1. The van der Waals surface area contributed by atoms with Crippen molar-refractivity contribution in [1.82, 2.24) is 14.4 Å². The van der Waals surface area contributed by atoms with Crippen molar-refractivity contribution < 1.29 is 27.5 Å². The lowest BCUT2D eigenvalue weighted by Crippen LogP contribution is -2.16. The Labute approximate surface area is 215 Å². The van der Waals surface area contributed by atoms with Gasteiger partial charge in [0.1, 0.15) is 5.82 Å². The van der Waals surface area contributed by atoms with Crippen molar-refractivity contribution in [2.45, 2.75) is 44.9 Å². The van der Waals surface area contributed by atoms with Crippen molar-refractivity contribution in [3.63, 3.8) is 0 Å². The normalized spacial score (nSPS) is 13.7. The molecule has 0 saturated heterocycles. The second-order valence-electron chi connectivity index (χ2n) is 9.40. The van der Waals surface area contributed by atoms with Gasteiger partial charge in [-0.15, -0.1) is 0 Å². The number of rotatable bonds is 8. The molecule has 1 amide bonds. The summed E-state index contributed by atoms with van der Waals surface area (Å²) in [5, 5.41) is 12.6. The molecule has 4 aromatic rings. The third kappa shape index (κ3) is 4.93. The highest BCUT2D eigenvalue weighted by Gasteiger charge is 2.31. The summed E-state index contributed by atoms with van der Waals surface area (Å²) in [5.74, 6) is -0.697. The fourth-order valence-electron chi connectivity index (χ4n) is 4.82. The molecule has 1 aliphatic carbocycles. The highest BCUT2D eigenvalue weighted by atomic mass is 19.4. The first-order valence-corrected chi connectivity index (χ1v) is 12.1. The lowest BCUT2D eigenvalue weighted by Gasteiger charge is -2.16. The maximum atomic E-state index is 13.9. The molecule has 5 rings (SSSR count). The molecule has 4 N–H and O–H groups in total. The Morgan fingerprint density at radius 3 is 2.61 bits per heavy atom. The number of primary amides is 1. The molecule has 1 aliphatic rings. The van der Waals surface area contributed by atoms with Crippen LogP contribution in [0.1, 0.15) is 52.2 Å². The molecule has 1 saturated carbocycles. The lowest BCUT2D eigenvalue weighted by molar-refractivity contribution is -0.131. The first-order chi connectivity index (χ1) is 18.1. The van der Waals surface area contributed by atoms with Crippen molar-refractivity contribution in [2.24, 2.45) is 5.73 Å². The number of amides is 1. The van der Waals surface area contributed by atoms with E-state index in [2.05, 4.69) is 15.3 Å². The van der Waals surface area contributed by atoms with Crippen molar-refractivity contribution in [2.75, 3.05) is 11.9 Å². The van der Waals surface area contributed by atoms with Gasteiger partial charge in [-0.05, 0) is 66.6 Å². The first kappa shape index (κ1) is 25.7. The van der Waals surface area contributed by atoms with Gasteiger partial charge in [-0.1, -0.05) is 6.07 Å². The second-order valence-corrected chi connectivity index (χ2v) is 9.40. The third-order valence-corrected chi connectivity index (χ3v) is 6.75. The third-order valence-electron chi connectivity index (χ3n) is 6.75.